The summed E-state index contributed by atoms with van der Waals surface area (Å²) in [6.07, 6.45) is 0.438. The highest BCUT2D eigenvalue weighted by atomic mass is 19.4. The van der Waals surface area contributed by atoms with E-state index in [0.717, 1.165) is 17.3 Å². The lowest BCUT2D eigenvalue weighted by Crippen LogP contribution is -2.49. The number of anilines is 2. The highest BCUT2D eigenvalue weighted by Crippen LogP contribution is 2.42. The van der Waals surface area contributed by atoms with E-state index in [1.54, 1.807) is 29.2 Å². The van der Waals surface area contributed by atoms with Gasteiger partial charge in [-0.05, 0) is 17.2 Å². The van der Waals surface area contributed by atoms with E-state index >= 15 is 0 Å². The number of benzene rings is 1. The number of ether oxygens (including phenoxy) is 1. The standard InChI is InChI=1S/C29H24F3N9O3/c30-29(31,32)25-23(15-37-38-26(25)42)41-16-19-3-1-2-4-21(19)24(41)17-44-20-5-6-34-22(11-20)27(43)39-7-9-40(10-8-39)28-35-13-18(12-33)14-36-28/h1-6,11,13-15,24H,7-10,16-17H2,(H,38,42)/t24-/m0/s1. The number of carbonyl (C=O) groups excluding carboxylic acids is 1. The third-order valence-corrected chi connectivity index (χ3v) is 7.54. The molecule has 0 bridgehead atoms. The van der Waals surface area contributed by atoms with E-state index in [4.69, 9.17) is 10.00 Å². The molecule has 15 heteroatoms. The summed E-state index contributed by atoms with van der Waals surface area (Å²) in [5.74, 6) is 0.496. The topological polar surface area (TPSA) is 144 Å². The molecule has 12 nitrogen and oxygen atoms in total. The highest BCUT2D eigenvalue weighted by Gasteiger charge is 2.42. The van der Waals surface area contributed by atoms with Gasteiger partial charge >= 0.3 is 6.18 Å². The van der Waals surface area contributed by atoms with Gasteiger partial charge in [0.15, 0.2) is 0 Å². The molecule has 1 fully saturated rings. The maximum absolute atomic E-state index is 13.9. The molecule has 1 saturated heterocycles. The van der Waals surface area contributed by atoms with E-state index in [2.05, 4.69) is 20.1 Å². The van der Waals surface area contributed by atoms with Crippen molar-refractivity contribution < 1.29 is 22.7 Å². The third kappa shape index (κ3) is 5.61. The fourth-order valence-electron chi connectivity index (χ4n) is 5.39. The number of aromatic nitrogens is 5. The largest absolute Gasteiger partial charge is 0.491 e. The SMILES string of the molecule is N#Cc1cnc(N2CCN(C(=O)c3cc(OC[C@H]4c5ccccc5CN4c4cn[nH]c(=O)c4C(F)(F)F)ccn3)CC2)nc1. The van der Waals surface area contributed by atoms with Crippen LogP contribution in [0, 0.1) is 11.3 Å². The number of nitrogens with one attached hydrogen (secondary N) is 1. The Morgan fingerprint density at radius 3 is 2.55 bits per heavy atom. The Morgan fingerprint density at radius 1 is 1.07 bits per heavy atom. The number of H-pyrrole nitrogens is 1. The summed E-state index contributed by atoms with van der Waals surface area (Å²) in [7, 11) is 0. The van der Waals surface area contributed by atoms with Gasteiger partial charge in [-0.3, -0.25) is 14.6 Å². The van der Waals surface area contributed by atoms with Crippen LogP contribution in [0.15, 0.2) is 66.0 Å². The summed E-state index contributed by atoms with van der Waals surface area (Å²) in [5, 5.41) is 14.4. The number of nitriles is 1. The lowest BCUT2D eigenvalue weighted by atomic mass is 10.1. The minimum atomic E-state index is -4.90. The van der Waals surface area contributed by atoms with Crippen molar-refractivity contribution in [2.24, 2.45) is 0 Å². The first-order valence-corrected chi connectivity index (χ1v) is 13.6. The van der Waals surface area contributed by atoms with Crippen LogP contribution in [0.2, 0.25) is 0 Å². The number of carbonyl (C=O) groups is 1. The predicted octanol–water partition coefficient (Wildman–Crippen LogP) is 2.95. The first-order valence-electron chi connectivity index (χ1n) is 13.6. The normalized spacial score (nSPS) is 16.4. The molecule has 224 valence electrons. The number of piperazine rings is 1. The highest BCUT2D eigenvalue weighted by molar-refractivity contribution is 5.92. The van der Waals surface area contributed by atoms with Gasteiger partial charge in [0.05, 0.1) is 35.9 Å². The molecule has 5 heterocycles. The Morgan fingerprint density at radius 2 is 1.82 bits per heavy atom. The third-order valence-electron chi connectivity index (χ3n) is 7.54. The summed E-state index contributed by atoms with van der Waals surface area (Å²) >= 11 is 0. The average molecular weight is 604 g/mol. The van der Waals surface area contributed by atoms with Gasteiger partial charge in [-0.1, -0.05) is 24.3 Å². The molecule has 0 radical (unpaired) electrons. The summed E-state index contributed by atoms with van der Waals surface area (Å²) in [6, 6.07) is 11.6. The number of aromatic amines is 1. The molecule has 1 N–H and O–H groups in total. The number of fused-ring (bicyclic) bond motifs is 1. The maximum atomic E-state index is 13.9. The number of nitrogens with zero attached hydrogens (tertiary/aromatic N) is 8. The number of alkyl halides is 3. The molecule has 4 aromatic rings. The van der Waals surface area contributed by atoms with Crippen molar-refractivity contribution in [1.29, 1.82) is 5.26 Å². The van der Waals surface area contributed by atoms with Crippen molar-refractivity contribution in [2.45, 2.75) is 18.8 Å². The average Bonchev–Trinajstić information content (AvgIpc) is 3.41. The van der Waals surface area contributed by atoms with Crippen molar-refractivity contribution in [3.05, 3.63) is 99.5 Å². The van der Waals surface area contributed by atoms with E-state index in [1.807, 2.05) is 22.1 Å². The summed E-state index contributed by atoms with van der Waals surface area (Å²) in [4.78, 5) is 43.1. The first-order chi connectivity index (χ1) is 21.2. The van der Waals surface area contributed by atoms with Crippen molar-refractivity contribution >= 4 is 17.5 Å². The molecule has 0 unspecified atom stereocenters. The van der Waals surface area contributed by atoms with Crippen LogP contribution in [0.3, 0.4) is 0 Å². The minimum Gasteiger partial charge on any atom is -0.491 e. The van der Waals surface area contributed by atoms with Crippen LogP contribution in [0.1, 0.15) is 38.8 Å². The van der Waals surface area contributed by atoms with Crippen molar-refractivity contribution in [3.8, 4) is 11.8 Å². The van der Waals surface area contributed by atoms with Gasteiger partial charge in [-0.25, -0.2) is 15.1 Å². The van der Waals surface area contributed by atoms with Crippen LogP contribution < -0.4 is 20.1 Å². The van der Waals surface area contributed by atoms with Gasteiger partial charge in [0.2, 0.25) is 5.95 Å². The van der Waals surface area contributed by atoms with Gasteiger partial charge in [-0.15, -0.1) is 0 Å². The Hall–Kier alpha value is -5.52. The number of amides is 1. The van der Waals surface area contributed by atoms with Gasteiger partial charge in [0.25, 0.3) is 11.5 Å². The monoisotopic (exact) mass is 603 g/mol. The second kappa shape index (κ2) is 11.6. The fraction of sp³-hybridized carbons (Fsp3) is 0.276. The van der Waals surface area contributed by atoms with Crippen LogP contribution in [0.5, 0.6) is 5.75 Å². The number of halogens is 3. The Balaban J connectivity index is 1.16. The molecule has 6 rings (SSSR count). The van der Waals surface area contributed by atoms with E-state index in [-0.39, 0.29) is 30.4 Å². The molecule has 3 aromatic heterocycles. The molecule has 2 aliphatic rings. The summed E-state index contributed by atoms with van der Waals surface area (Å²) in [5.41, 5.74) is -0.921. The zero-order chi connectivity index (χ0) is 30.8. The number of hydrogen-bond donors (Lipinski definition) is 1. The molecular formula is C29H24F3N9O3. The lowest BCUT2D eigenvalue weighted by Gasteiger charge is -2.34. The quantitative estimate of drug-likeness (QED) is 0.349. The van der Waals surface area contributed by atoms with Gasteiger partial charge in [-0.2, -0.15) is 23.5 Å². The summed E-state index contributed by atoms with van der Waals surface area (Å²) in [6.45, 7) is 1.83. The summed E-state index contributed by atoms with van der Waals surface area (Å²) < 4.78 is 47.8. The molecule has 44 heavy (non-hydrogen) atoms. The van der Waals surface area contributed by atoms with E-state index in [9.17, 15) is 22.8 Å². The van der Waals surface area contributed by atoms with Crippen molar-refractivity contribution in [1.82, 2.24) is 30.0 Å². The van der Waals surface area contributed by atoms with Crippen LogP contribution >= 0.6 is 0 Å². The molecule has 1 aromatic carbocycles. The van der Waals surface area contributed by atoms with Crippen molar-refractivity contribution in [2.75, 3.05) is 42.6 Å². The fourth-order valence-corrected chi connectivity index (χ4v) is 5.39. The number of pyridine rings is 1. The smallest absolute Gasteiger partial charge is 0.423 e. The molecule has 1 amide bonds. The molecule has 0 aliphatic carbocycles. The van der Waals surface area contributed by atoms with E-state index in [0.29, 0.717) is 43.4 Å². The molecule has 2 aliphatic heterocycles. The zero-order valence-corrected chi connectivity index (χ0v) is 23.0. The number of rotatable bonds is 6. The van der Waals surface area contributed by atoms with Gasteiger partial charge < -0.3 is 19.4 Å². The van der Waals surface area contributed by atoms with Gasteiger partial charge in [0, 0.05) is 45.0 Å². The predicted molar refractivity (Wildman–Crippen MR) is 150 cm³/mol. The van der Waals surface area contributed by atoms with Crippen LogP contribution in [0.25, 0.3) is 0 Å². The van der Waals surface area contributed by atoms with Crippen LogP contribution in [-0.4, -0.2) is 68.7 Å². The molecule has 0 spiro atoms. The molecular weight excluding hydrogens is 579 g/mol. The second-order valence-electron chi connectivity index (χ2n) is 10.2. The Kier molecular flexibility index (Phi) is 7.56. The second-order valence-corrected chi connectivity index (χ2v) is 10.2. The van der Waals surface area contributed by atoms with E-state index in [1.165, 1.54) is 29.6 Å². The molecule has 0 saturated carbocycles. The van der Waals surface area contributed by atoms with Crippen LogP contribution in [0.4, 0.5) is 24.8 Å². The van der Waals surface area contributed by atoms with E-state index < -0.39 is 23.3 Å². The van der Waals surface area contributed by atoms with Gasteiger partial charge in [0.1, 0.15) is 29.7 Å². The Labute approximate surface area is 248 Å². The van der Waals surface area contributed by atoms with Crippen LogP contribution in [-0.2, 0) is 12.7 Å². The molecule has 1 atom stereocenters. The van der Waals surface area contributed by atoms with Crippen molar-refractivity contribution in [3.63, 3.8) is 0 Å². The first kappa shape index (κ1) is 28.6. The number of hydrogen-bond acceptors (Lipinski definition) is 10. The maximum Gasteiger partial charge on any atom is 0.423 e. The lowest BCUT2D eigenvalue weighted by molar-refractivity contribution is -0.138. The minimum absolute atomic E-state index is 0.0674. The zero-order valence-electron chi connectivity index (χ0n) is 23.0. The Bertz CT molecular complexity index is 1780.